The van der Waals surface area contributed by atoms with E-state index in [0.717, 1.165) is 0 Å². The molecular formula is C18H27N7O8S. The van der Waals surface area contributed by atoms with Crippen LogP contribution in [-0.4, -0.2) is 85.7 Å². The quantitative estimate of drug-likeness (QED) is 0.107. The number of nitrogens with zero attached hydrogens (tertiary/aromatic N) is 1. The third kappa shape index (κ3) is 9.86. The molecule has 4 amide bonds. The molecule has 1 rings (SSSR count). The van der Waals surface area contributed by atoms with Gasteiger partial charge in [-0.3, -0.25) is 24.0 Å². The number of aliphatic carboxylic acids is 2. The Morgan fingerprint density at radius 1 is 1.00 bits per heavy atom. The van der Waals surface area contributed by atoms with E-state index in [1.165, 1.54) is 12.5 Å². The molecule has 34 heavy (non-hydrogen) atoms. The zero-order chi connectivity index (χ0) is 25.8. The highest BCUT2D eigenvalue weighted by molar-refractivity contribution is 7.80. The lowest BCUT2D eigenvalue weighted by Crippen LogP contribution is -2.58. The summed E-state index contributed by atoms with van der Waals surface area (Å²) in [5.41, 5.74) is 11.5. The van der Waals surface area contributed by atoms with Crippen LogP contribution in [0.4, 0.5) is 0 Å². The molecule has 188 valence electrons. The van der Waals surface area contributed by atoms with Gasteiger partial charge in [-0.05, 0) is 6.42 Å². The Hall–Kier alpha value is -3.66. The third-order valence-electron chi connectivity index (χ3n) is 4.45. The number of rotatable bonds is 15. The van der Waals surface area contributed by atoms with Crippen LogP contribution in [-0.2, 0) is 35.2 Å². The fraction of sp³-hybridized carbons (Fsp3) is 0.500. The number of nitrogens with one attached hydrogen (secondary N) is 4. The lowest BCUT2D eigenvalue weighted by atomic mass is 10.1. The lowest BCUT2D eigenvalue weighted by Gasteiger charge is -2.24. The predicted molar refractivity (Wildman–Crippen MR) is 118 cm³/mol. The molecule has 0 bridgehead atoms. The molecule has 1 aromatic rings. The van der Waals surface area contributed by atoms with E-state index >= 15 is 0 Å². The molecule has 10 N–H and O–H groups in total. The monoisotopic (exact) mass is 501 g/mol. The molecule has 0 fully saturated rings. The number of imidazole rings is 1. The van der Waals surface area contributed by atoms with Gasteiger partial charge >= 0.3 is 11.9 Å². The fourth-order valence-corrected chi connectivity index (χ4v) is 2.93. The lowest BCUT2D eigenvalue weighted by molar-refractivity contribution is -0.147. The van der Waals surface area contributed by atoms with Crippen LogP contribution in [0.5, 0.6) is 0 Å². The van der Waals surface area contributed by atoms with E-state index in [4.69, 9.17) is 21.7 Å². The minimum Gasteiger partial charge on any atom is -0.481 e. The normalized spacial score (nSPS) is 14.2. The van der Waals surface area contributed by atoms with Gasteiger partial charge in [0, 0.05) is 30.5 Å². The molecule has 0 aromatic carbocycles. The van der Waals surface area contributed by atoms with Gasteiger partial charge in [-0.2, -0.15) is 12.6 Å². The van der Waals surface area contributed by atoms with Crippen LogP contribution in [0.3, 0.4) is 0 Å². The van der Waals surface area contributed by atoms with Gasteiger partial charge in [-0.25, -0.2) is 9.78 Å². The Morgan fingerprint density at radius 2 is 1.59 bits per heavy atom. The van der Waals surface area contributed by atoms with E-state index in [2.05, 4.69) is 33.2 Å². The van der Waals surface area contributed by atoms with Crippen molar-refractivity contribution in [2.75, 3.05) is 5.75 Å². The van der Waals surface area contributed by atoms with Crippen molar-refractivity contribution in [2.45, 2.75) is 49.9 Å². The second kappa shape index (κ2) is 13.8. The summed E-state index contributed by atoms with van der Waals surface area (Å²) in [7, 11) is 0. The maximum Gasteiger partial charge on any atom is 0.326 e. The summed E-state index contributed by atoms with van der Waals surface area (Å²) in [4.78, 5) is 77.3. The molecule has 0 spiro atoms. The van der Waals surface area contributed by atoms with Crippen molar-refractivity contribution in [3.63, 3.8) is 0 Å². The first kappa shape index (κ1) is 28.4. The molecular weight excluding hydrogens is 474 g/mol. The van der Waals surface area contributed by atoms with Crippen molar-refractivity contribution in [3.05, 3.63) is 18.2 Å². The van der Waals surface area contributed by atoms with Crippen LogP contribution in [0.1, 0.15) is 25.0 Å². The Labute approximate surface area is 198 Å². The highest BCUT2D eigenvalue weighted by Crippen LogP contribution is 2.03. The zero-order valence-electron chi connectivity index (χ0n) is 17.9. The average molecular weight is 502 g/mol. The molecule has 0 aliphatic carbocycles. The molecule has 1 heterocycles. The van der Waals surface area contributed by atoms with Crippen molar-refractivity contribution in [1.29, 1.82) is 0 Å². The van der Waals surface area contributed by atoms with Crippen LogP contribution in [0, 0.1) is 0 Å². The van der Waals surface area contributed by atoms with Crippen molar-refractivity contribution >= 4 is 48.2 Å². The van der Waals surface area contributed by atoms with Crippen LogP contribution >= 0.6 is 12.6 Å². The van der Waals surface area contributed by atoms with Gasteiger partial charge in [-0.1, -0.05) is 0 Å². The van der Waals surface area contributed by atoms with Crippen molar-refractivity contribution in [1.82, 2.24) is 25.9 Å². The maximum atomic E-state index is 12.7. The number of aromatic amines is 1. The summed E-state index contributed by atoms with van der Waals surface area (Å²) >= 11 is 3.95. The number of aromatic nitrogens is 2. The Balaban J connectivity index is 2.86. The third-order valence-corrected chi connectivity index (χ3v) is 4.82. The standard InChI is InChI=1S/C18H27N7O8S/c19-9(3-8-5-21-7-22-8)15(29)23-10(1-2-13(20)26)16(30)25-12(6-34)17(31)24-11(18(32)33)4-14(27)28/h5,7,9-12,34H,1-4,6,19H2,(H2,20,26)(H,21,22)(H,23,29)(H,24,31)(H,25,30)(H,27,28)(H,32,33). The largest absolute Gasteiger partial charge is 0.481 e. The Kier molecular flexibility index (Phi) is 11.5. The second-order valence-electron chi connectivity index (χ2n) is 7.19. The van der Waals surface area contributed by atoms with Gasteiger partial charge in [0.15, 0.2) is 0 Å². The molecule has 4 unspecified atom stereocenters. The summed E-state index contributed by atoms with van der Waals surface area (Å²) in [5.74, 6) is -6.69. The van der Waals surface area contributed by atoms with Crippen LogP contribution < -0.4 is 27.4 Å². The summed E-state index contributed by atoms with van der Waals surface area (Å²) in [6, 6.07) is -5.49. The number of amides is 4. The van der Waals surface area contributed by atoms with E-state index in [9.17, 15) is 28.8 Å². The minimum absolute atomic E-state index is 0.0812. The van der Waals surface area contributed by atoms with E-state index in [0.29, 0.717) is 5.69 Å². The number of primary amides is 1. The molecule has 0 saturated heterocycles. The molecule has 1 aromatic heterocycles. The summed E-state index contributed by atoms with van der Waals surface area (Å²) in [5, 5.41) is 24.5. The Bertz CT molecular complexity index is 895. The first-order valence-electron chi connectivity index (χ1n) is 9.92. The van der Waals surface area contributed by atoms with Gasteiger partial charge in [0.2, 0.25) is 23.6 Å². The number of hydrogen-bond acceptors (Lipinski definition) is 9. The minimum atomic E-state index is -1.74. The van der Waals surface area contributed by atoms with E-state index in [-0.39, 0.29) is 25.0 Å². The van der Waals surface area contributed by atoms with Crippen LogP contribution in [0.25, 0.3) is 0 Å². The molecule has 0 aliphatic rings. The van der Waals surface area contributed by atoms with Crippen LogP contribution in [0.2, 0.25) is 0 Å². The molecule has 0 radical (unpaired) electrons. The van der Waals surface area contributed by atoms with Gasteiger partial charge < -0.3 is 42.6 Å². The fourth-order valence-electron chi connectivity index (χ4n) is 2.67. The van der Waals surface area contributed by atoms with E-state index in [1.807, 2.05) is 5.32 Å². The topological polar surface area (TPSA) is 260 Å². The van der Waals surface area contributed by atoms with Gasteiger partial charge in [-0.15, -0.1) is 0 Å². The summed E-state index contributed by atoms with van der Waals surface area (Å²) in [6.07, 6.45) is 1.58. The smallest absolute Gasteiger partial charge is 0.326 e. The number of carboxylic acid groups (broad SMARTS) is 2. The number of nitrogens with two attached hydrogens (primary N) is 2. The van der Waals surface area contributed by atoms with Gasteiger partial charge in [0.25, 0.3) is 0 Å². The zero-order valence-corrected chi connectivity index (χ0v) is 18.8. The maximum absolute atomic E-state index is 12.7. The molecule has 15 nitrogen and oxygen atoms in total. The number of carbonyl (C=O) groups excluding carboxylic acids is 4. The number of thiol groups is 1. The van der Waals surface area contributed by atoms with E-state index < -0.39 is 66.2 Å². The van der Waals surface area contributed by atoms with Crippen molar-refractivity contribution in [2.24, 2.45) is 11.5 Å². The van der Waals surface area contributed by atoms with Gasteiger partial charge in [0.1, 0.15) is 18.1 Å². The highest BCUT2D eigenvalue weighted by atomic mass is 32.1. The van der Waals surface area contributed by atoms with Crippen molar-refractivity contribution in [3.8, 4) is 0 Å². The first-order chi connectivity index (χ1) is 15.9. The molecule has 4 atom stereocenters. The van der Waals surface area contributed by atoms with Gasteiger partial charge in [0.05, 0.1) is 18.8 Å². The number of H-pyrrole nitrogens is 1. The number of hydrogen-bond donors (Lipinski definition) is 9. The molecule has 0 aliphatic heterocycles. The van der Waals surface area contributed by atoms with E-state index in [1.54, 1.807) is 0 Å². The molecule has 16 heteroatoms. The number of carboxylic acids is 2. The Morgan fingerprint density at radius 3 is 2.09 bits per heavy atom. The molecule has 0 saturated carbocycles. The second-order valence-corrected chi connectivity index (χ2v) is 7.56. The number of carbonyl (C=O) groups is 6. The predicted octanol–water partition coefficient (Wildman–Crippen LogP) is -3.51. The highest BCUT2D eigenvalue weighted by Gasteiger charge is 2.30. The van der Waals surface area contributed by atoms with Crippen molar-refractivity contribution < 1.29 is 39.0 Å². The summed E-state index contributed by atoms with van der Waals surface area (Å²) < 4.78 is 0. The SMILES string of the molecule is NC(=O)CCC(NC(=O)C(N)Cc1cnc[nH]1)C(=O)NC(CS)C(=O)NC(CC(=O)O)C(=O)O. The summed E-state index contributed by atoms with van der Waals surface area (Å²) in [6.45, 7) is 0. The van der Waals surface area contributed by atoms with Crippen LogP contribution in [0.15, 0.2) is 12.5 Å². The first-order valence-corrected chi connectivity index (χ1v) is 10.6. The average Bonchev–Trinajstić information content (AvgIpc) is 3.26.